The molecule has 0 spiro atoms. The van der Waals surface area contributed by atoms with Gasteiger partial charge in [-0.1, -0.05) is 18.5 Å². The van der Waals surface area contributed by atoms with Crippen molar-refractivity contribution >= 4 is 29.9 Å². The Kier molecular flexibility index (Phi) is 9.39. The summed E-state index contributed by atoms with van der Waals surface area (Å²) in [4.78, 5) is 15.2. The van der Waals surface area contributed by atoms with E-state index < -0.39 is 0 Å². The summed E-state index contributed by atoms with van der Waals surface area (Å²) in [7, 11) is 0. The van der Waals surface area contributed by atoms with Crippen molar-refractivity contribution in [3.8, 4) is 11.5 Å². The number of nitrogens with zero attached hydrogens (tertiary/aromatic N) is 1. The van der Waals surface area contributed by atoms with Crippen LogP contribution in [0.15, 0.2) is 12.1 Å². The van der Waals surface area contributed by atoms with Gasteiger partial charge in [0.05, 0.1) is 18.2 Å². The number of hydrogen-bond donors (Lipinski definition) is 1. The molecule has 0 radical (unpaired) electrons. The average Bonchev–Trinajstić information content (AvgIpc) is 3.03. The van der Waals surface area contributed by atoms with Crippen molar-refractivity contribution in [2.24, 2.45) is 0 Å². The van der Waals surface area contributed by atoms with Crippen LogP contribution in [0, 0.1) is 0 Å². The minimum Gasteiger partial charge on any atom is -0.493 e. The van der Waals surface area contributed by atoms with Crippen LogP contribution in [0.1, 0.15) is 44.0 Å². The number of halogens is 2. The van der Waals surface area contributed by atoms with E-state index >= 15 is 0 Å². The van der Waals surface area contributed by atoms with Crippen molar-refractivity contribution in [2.75, 3.05) is 32.8 Å². The lowest BCUT2D eigenvalue weighted by Gasteiger charge is -2.23. The molecular formula is C18H28Cl2N2O3. The molecule has 1 atom stereocenters. The maximum absolute atomic E-state index is 12.8. The maximum Gasteiger partial charge on any atom is 0.258 e. The molecule has 1 saturated heterocycles. The van der Waals surface area contributed by atoms with Gasteiger partial charge in [-0.15, -0.1) is 12.4 Å². The first-order chi connectivity index (χ1) is 11.6. The van der Waals surface area contributed by atoms with Crippen LogP contribution in [0.3, 0.4) is 0 Å². The van der Waals surface area contributed by atoms with Crippen molar-refractivity contribution in [1.29, 1.82) is 0 Å². The van der Waals surface area contributed by atoms with E-state index in [2.05, 4.69) is 17.1 Å². The standard InChI is InChI=1S/C18H27ClN2O3.ClH/c1-4-21-11-7-8-13(21)12-20-18(22)16-15(23-5-2)10-9-14(19)17(16)24-6-3;/h9-10,13H,4-8,11-12H2,1-3H3,(H,20,22);1H. The fourth-order valence-corrected chi connectivity index (χ4v) is 3.37. The number of amides is 1. The second kappa shape index (κ2) is 10.7. The number of nitrogens with one attached hydrogen (secondary N) is 1. The monoisotopic (exact) mass is 390 g/mol. The van der Waals surface area contributed by atoms with Gasteiger partial charge in [-0.05, 0) is 51.9 Å². The zero-order valence-corrected chi connectivity index (χ0v) is 16.7. The highest BCUT2D eigenvalue weighted by molar-refractivity contribution is 6.32. The molecule has 1 aliphatic rings. The second-order valence-corrected chi connectivity index (χ2v) is 6.16. The van der Waals surface area contributed by atoms with Crippen LogP contribution in [0.25, 0.3) is 0 Å². The molecule has 0 saturated carbocycles. The quantitative estimate of drug-likeness (QED) is 0.733. The molecular weight excluding hydrogens is 363 g/mol. The first-order valence-electron chi connectivity index (χ1n) is 8.72. The number of carbonyl (C=O) groups excluding carboxylic acids is 1. The number of likely N-dealkylation sites (N-methyl/N-ethyl adjacent to an activating group) is 1. The molecule has 25 heavy (non-hydrogen) atoms. The van der Waals surface area contributed by atoms with Crippen LogP contribution in [0.4, 0.5) is 0 Å². The molecule has 142 valence electrons. The topological polar surface area (TPSA) is 50.8 Å². The molecule has 0 aliphatic carbocycles. The van der Waals surface area contributed by atoms with Gasteiger partial charge in [0.15, 0.2) is 5.75 Å². The second-order valence-electron chi connectivity index (χ2n) is 5.75. The predicted octanol–water partition coefficient (Wildman–Crippen LogP) is 3.77. The summed E-state index contributed by atoms with van der Waals surface area (Å²) in [5.41, 5.74) is 0.382. The highest BCUT2D eigenvalue weighted by Gasteiger charge is 2.26. The Morgan fingerprint density at radius 3 is 2.64 bits per heavy atom. The van der Waals surface area contributed by atoms with E-state index in [1.54, 1.807) is 12.1 Å². The Morgan fingerprint density at radius 2 is 2.00 bits per heavy atom. The van der Waals surface area contributed by atoms with Gasteiger partial charge in [-0.2, -0.15) is 0 Å². The minimum atomic E-state index is -0.202. The van der Waals surface area contributed by atoms with Crippen LogP contribution in [-0.4, -0.2) is 49.7 Å². The molecule has 1 aromatic carbocycles. The van der Waals surface area contributed by atoms with E-state index in [9.17, 15) is 4.79 Å². The lowest BCUT2D eigenvalue weighted by molar-refractivity contribution is 0.0933. The number of ether oxygens (including phenoxy) is 2. The van der Waals surface area contributed by atoms with Gasteiger partial charge in [0.2, 0.25) is 0 Å². The average molecular weight is 391 g/mol. The third-order valence-electron chi connectivity index (χ3n) is 4.29. The molecule has 1 unspecified atom stereocenters. The highest BCUT2D eigenvalue weighted by atomic mass is 35.5. The molecule has 5 nitrogen and oxygen atoms in total. The van der Waals surface area contributed by atoms with Gasteiger partial charge in [-0.3, -0.25) is 9.69 Å². The zero-order chi connectivity index (χ0) is 17.5. The molecule has 1 aliphatic heterocycles. The Hall–Kier alpha value is -1.17. The molecule has 1 heterocycles. The molecule has 1 fully saturated rings. The number of carbonyl (C=O) groups is 1. The van der Waals surface area contributed by atoms with Gasteiger partial charge in [0, 0.05) is 12.6 Å². The zero-order valence-electron chi connectivity index (χ0n) is 15.1. The van der Waals surface area contributed by atoms with E-state index in [0.717, 1.165) is 19.5 Å². The SMILES string of the molecule is CCOc1ccc(Cl)c(OCC)c1C(=O)NCC1CCCN1CC.Cl. The van der Waals surface area contributed by atoms with Gasteiger partial charge >= 0.3 is 0 Å². The molecule has 0 aromatic heterocycles. The Labute approximate surface area is 161 Å². The summed E-state index contributed by atoms with van der Waals surface area (Å²) >= 11 is 6.23. The van der Waals surface area contributed by atoms with Crippen molar-refractivity contribution in [3.63, 3.8) is 0 Å². The molecule has 7 heteroatoms. The van der Waals surface area contributed by atoms with Crippen LogP contribution >= 0.6 is 24.0 Å². The van der Waals surface area contributed by atoms with Crippen LogP contribution in [-0.2, 0) is 0 Å². The molecule has 1 N–H and O–H groups in total. The normalized spacial score (nSPS) is 17.0. The lowest BCUT2D eigenvalue weighted by atomic mass is 10.1. The van der Waals surface area contributed by atoms with E-state index in [0.29, 0.717) is 47.9 Å². The van der Waals surface area contributed by atoms with Crippen molar-refractivity contribution < 1.29 is 14.3 Å². The summed E-state index contributed by atoms with van der Waals surface area (Å²) in [5.74, 6) is 0.690. The summed E-state index contributed by atoms with van der Waals surface area (Å²) < 4.78 is 11.2. The summed E-state index contributed by atoms with van der Waals surface area (Å²) in [6, 6.07) is 3.81. The maximum atomic E-state index is 12.8. The summed E-state index contributed by atoms with van der Waals surface area (Å²) in [5, 5.41) is 3.45. The Morgan fingerprint density at radius 1 is 1.28 bits per heavy atom. The van der Waals surface area contributed by atoms with Gasteiger partial charge in [-0.25, -0.2) is 0 Å². The third-order valence-corrected chi connectivity index (χ3v) is 4.59. The number of benzene rings is 1. The van der Waals surface area contributed by atoms with Crippen molar-refractivity contribution in [2.45, 2.75) is 39.7 Å². The highest BCUT2D eigenvalue weighted by Crippen LogP contribution is 2.35. The first kappa shape index (κ1) is 21.9. The van der Waals surface area contributed by atoms with Gasteiger partial charge in [0.1, 0.15) is 11.3 Å². The summed E-state index contributed by atoms with van der Waals surface area (Å²) in [6.45, 7) is 9.53. The van der Waals surface area contributed by atoms with E-state index in [1.807, 2.05) is 13.8 Å². The molecule has 0 bridgehead atoms. The number of rotatable bonds is 8. The number of likely N-dealkylation sites (tertiary alicyclic amines) is 1. The fourth-order valence-electron chi connectivity index (χ4n) is 3.16. The largest absolute Gasteiger partial charge is 0.493 e. The fraction of sp³-hybridized carbons (Fsp3) is 0.611. The third kappa shape index (κ3) is 5.40. The van der Waals surface area contributed by atoms with E-state index in [4.69, 9.17) is 21.1 Å². The van der Waals surface area contributed by atoms with E-state index in [1.165, 1.54) is 6.42 Å². The van der Waals surface area contributed by atoms with Gasteiger partial charge < -0.3 is 14.8 Å². The minimum absolute atomic E-state index is 0. The summed E-state index contributed by atoms with van der Waals surface area (Å²) in [6.07, 6.45) is 2.29. The van der Waals surface area contributed by atoms with Crippen molar-refractivity contribution in [1.82, 2.24) is 10.2 Å². The lowest BCUT2D eigenvalue weighted by Crippen LogP contribution is -2.40. The Bertz CT molecular complexity index is 569. The number of hydrogen-bond acceptors (Lipinski definition) is 4. The molecule has 2 rings (SSSR count). The Balaban J connectivity index is 0.00000312. The van der Waals surface area contributed by atoms with Crippen LogP contribution in [0.2, 0.25) is 5.02 Å². The van der Waals surface area contributed by atoms with Crippen molar-refractivity contribution in [3.05, 3.63) is 22.7 Å². The smallest absolute Gasteiger partial charge is 0.258 e. The van der Waals surface area contributed by atoms with Gasteiger partial charge in [0.25, 0.3) is 5.91 Å². The van der Waals surface area contributed by atoms with Crippen LogP contribution < -0.4 is 14.8 Å². The molecule has 1 aromatic rings. The first-order valence-corrected chi connectivity index (χ1v) is 9.10. The molecule has 1 amide bonds. The predicted molar refractivity (Wildman–Crippen MR) is 104 cm³/mol. The van der Waals surface area contributed by atoms with Crippen LogP contribution in [0.5, 0.6) is 11.5 Å². The van der Waals surface area contributed by atoms with E-state index in [-0.39, 0.29) is 18.3 Å².